The molecular formula is C6H6N4O4. The van der Waals surface area contributed by atoms with Crippen molar-refractivity contribution in [2.75, 3.05) is 0 Å². The molecule has 0 atom stereocenters. The third-order valence-corrected chi connectivity index (χ3v) is 2.04. The van der Waals surface area contributed by atoms with Gasteiger partial charge in [0.15, 0.2) is 11.4 Å². The predicted molar refractivity (Wildman–Crippen MR) is 41.7 cm³/mol. The summed E-state index contributed by atoms with van der Waals surface area (Å²) in [5.74, 6) is 0. The standard InChI is InChI=1S/C6H6N4O4/c1-3-5-6(10(13)14-7-5)4(2)9(12)8(3)11/h1-2H3. The van der Waals surface area contributed by atoms with Gasteiger partial charge in [0.05, 0.1) is 0 Å². The first-order valence-corrected chi connectivity index (χ1v) is 3.76. The van der Waals surface area contributed by atoms with Gasteiger partial charge in [0.2, 0.25) is 0 Å². The molecule has 0 saturated heterocycles. The molecule has 0 N–H and O–H groups in total. The monoisotopic (exact) mass is 198 g/mol. The molecule has 2 aliphatic heterocycles. The first kappa shape index (κ1) is 8.48. The van der Waals surface area contributed by atoms with Crippen LogP contribution in [0.5, 0.6) is 0 Å². The zero-order valence-electron chi connectivity index (χ0n) is 7.42. The van der Waals surface area contributed by atoms with Crippen molar-refractivity contribution in [2.24, 2.45) is 0 Å². The maximum Gasteiger partial charge on any atom is 0.339 e. The van der Waals surface area contributed by atoms with Crippen LogP contribution in [0.2, 0.25) is 0 Å². The van der Waals surface area contributed by atoms with E-state index in [1.54, 1.807) is 0 Å². The van der Waals surface area contributed by atoms with E-state index in [1.165, 1.54) is 13.8 Å². The summed E-state index contributed by atoms with van der Waals surface area (Å²) >= 11 is 0. The van der Waals surface area contributed by atoms with Crippen LogP contribution >= 0.6 is 0 Å². The molecule has 0 unspecified atom stereocenters. The lowest BCUT2D eigenvalue weighted by atomic mass is 10.2. The quantitative estimate of drug-likeness (QED) is 0.402. The first-order valence-electron chi connectivity index (χ1n) is 3.76. The number of fused-ring (bicyclic) bond motifs is 1. The van der Waals surface area contributed by atoms with E-state index in [-0.39, 0.29) is 37.1 Å². The largest absolute Gasteiger partial charge is 0.558 e. The third kappa shape index (κ3) is 0.817. The Hall–Kier alpha value is -2.12. The lowest BCUT2D eigenvalue weighted by Gasteiger charge is -1.99. The molecule has 2 rings (SSSR count). The van der Waals surface area contributed by atoms with Crippen molar-refractivity contribution in [3.05, 3.63) is 26.7 Å². The molecule has 0 aliphatic carbocycles. The smallest absolute Gasteiger partial charge is 0.339 e. The van der Waals surface area contributed by atoms with Crippen LogP contribution in [-0.2, 0) is 0 Å². The Balaban J connectivity index is 3.03. The van der Waals surface area contributed by atoms with E-state index in [0.29, 0.717) is 0 Å². The highest BCUT2D eigenvalue weighted by molar-refractivity contribution is 5.57. The molecule has 74 valence electrons. The van der Waals surface area contributed by atoms with Crippen molar-refractivity contribution < 1.29 is 14.0 Å². The Morgan fingerprint density at radius 1 is 1.43 bits per heavy atom. The van der Waals surface area contributed by atoms with Crippen molar-refractivity contribution >= 4 is 0 Å². The second-order valence-corrected chi connectivity index (χ2v) is 2.84. The second kappa shape index (κ2) is 2.44. The van der Waals surface area contributed by atoms with Crippen LogP contribution in [0.1, 0.15) is 11.4 Å². The first-order chi connectivity index (χ1) is 6.54. The third-order valence-electron chi connectivity index (χ3n) is 2.04. The Kier molecular flexibility index (Phi) is 1.48. The van der Waals surface area contributed by atoms with Crippen molar-refractivity contribution in [3.63, 3.8) is 0 Å². The van der Waals surface area contributed by atoms with Gasteiger partial charge in [0.25, 0.3) is 5.69 Å². The van der Waals surface area contributed by atoms with Gasteiger partial charge in [-0.25, -0.2) is 0 Å². The maximum atomic E-state index is 11.2. The Labute approximate surface area is 77.0 Å². The van der Waals surface area contributed by atoms with Gasteiger partial charge in [-0.1, -0.05) is 0 Å². The van der Waals surface area contributed by atoms with Crippen LogP contribution in [0.25, 0.3) is 11.4 Å². The molecule has 8 nitrogen and oxygen atoms in total. The van der Waals surface area contributed by atoms with E-state index < -0.39 is 0 Å². The average molecular weight is 198 g/mol. The van der Waals surface area contributed by atoms with Gasteiger partial charge in [-0.05, 0) is 0 Å². The van der Waals surface area contributed by atoms with Crippen molar-refractivity contribution in [3.8, 4) is 11.4 Å². The molecule has 0 fully saturated rings. The molecule has 14 heavy (non-hydrogen) atoms. The van der Waals surface area contributed by atoms with E-state index in [2.05, 4.69) is 9.79 Å². The molecule has 2 aliphatic rings. The predicted octanol–water partition coefficient (Wildman–Crippen LogP) is -0.908. The number of nitrogens with zero attached hydrogens (tertiary/aromatic N) is 4. The van der Waals surface area contributed by atoms with Gasteiger partial charge in [0, 0.05) is 13.8 Å². The van der Waals surface area contributed by atoms with Crippen molar-refractivity contribution in [1.82, 2.24) is 10.1 Å². The minimum absolute atomic E-state index is 0.0235. The van der Waals surface area contributed by atoms with Crippen LogP contribution in [-0.4, -0.2) is 10.1 Å². The number of rotatable bonds is 0. The fraction of sp³-hybridized carbons (Fsp3) is 0.333. The summed E-state index contributed by atoms with van der Waals surface area (Å²) in [7, 11) is 0. The van der Waals surface area contributed by atoms with Crippen LogP contribution in [0.4, 0.5) is 0 Å². The van der Waals surface area contributed by atoms with Gasteiger partial charge >= 0.3 is 10.2 Å². The van der Waals surface area contributed by atoms with E-state index in [9.17, 15) is 15.3 Å². The summed E-state index contributed by atoms with van der Waals surface area (Å²) in [4.78, 5) is 11.4. The van der Waals surface area contributed by atoms with Crippen LogP contribution in [0, 0.1) is 29.2 Å². The lowest BCUT2D eigenvalue weighted by Crippen LogP contribution is -2.58. The fourth-order valence-corrected chi connectivity index (χ4v) is 1.24. The average Bonchev–Trinajstić information content (AvgIpc) is 2.54. The molecule has 0 aromatic carbocycles. The van der Waals surface area contributed by atoms with Gasteiger partial charge in [0.1, 0.15) is 9.75 Å². The van der Waals surface area contributed by atoms with E-state index in [4.69, 9.17) is 0 Å². The number of hydrogen-bond donors (Lipinski definition) is 0. The Bertz CT molecular complexity index is 528. The maximum absolute atomic E-state index is 11.2. The van der Waals surface area contributed by atoms with Crippen LogP contribution in [0.3, 0.4) is 0 Å². The topological polar surface area (TPSA) is 104 Å². The Morgan fingerprint density at radius 3 is 2.71 bits per heavy atom. The highest BCUT2D eigenvalue weighted by atomic mass is 16.8. The molecule has 0 amide bonds. The highest BCUT2D eigenvalue weighted by Crippen LogP contribution is 2.21. The van der Waals surface area contributed by atoms with Crippen molar-refractivity contribution in [2.45, 2.75) is 13.8 Å². The molecular weight excluding hydrogens is 192 g/mol. The molecule has 0 saturated carbocycles. The SMILES string of the molecule is Cc1c2non([O-])c-2c(C)[n+](=O)[n+]1[O-]. The van der Waals surface area contributed by atoms with Gasteiger partial charge in [-0.15, -0.1) is 0 Å². The number of hydrogen-bond acceptors (Lipinski definition) is 5. The highest BCUT2D eigenvalue weighted by Gasteiger charge is 2.32. The summed E-state index contributed by atoms with van der Waals surface area (Å²) in [5, 5.41) is 25.6. The molecule has 0 radical (unpaired) electrons. The molecule has 0 spiro atoms. The summed E-state index contributed by atoms with van der Waals surface area (Å²) in [6.07, 6.45) is 0. The van der Waals surface area contributed by atoms with E-state index >= 15 is 0 Å². The van der Waals surface area contributed by atoms with Gasteiger partial charge in [-0.3, -0.25) is 0 Å². The minimum Gasteiger partial charge on any atom is -0.558 e. The Morgan fingerprint density at radius 2 is 2.07 bits per heavy atom. The number of aromatic nitrogens is 4. The van der Waals surface area contributed by atoms with E-state index in [0.717, 1.165) is 0 Å². The van der Waals surface area contributed by atoms with Crippen molar-refractivity contribution in [1.29, 1.82) is 0 Å². The molecule has 0 aromatic rings. The second-order valence-electron chi connectivity index (χ2n) is 2.84. The molecule has 0 bridgehead atoms. The fourth-order valence-electron chi connectivity index (χ4n) is 1.24. The zero-order valence-corrected chi connectivity index (χ0v) is 7.42. The zero-order chi connectivity index (χ0) is 10.5. The minimum atomic E-state index is -0.0446. The molecule has 0 aromatic heterocycles. The molecule has 8 heteroatoms. The summed E-state index contributed by atoms with van der Waals surface area (Å²) in [6, 6.07) is 0. The molecule has 2 heterocycles. The van der Waals surface area contributed by atoms with Gasteiger partial charge < -0.3 is 15.0 Å². The lowest BCUT2D eigenvalue weighted by molar-refractivity contribution is -1.14. The normalized spacial score (nSPS) is 11.0. The van der Waals surface area contributed by atoms with Gasteiger partial charge in [-0.2, -0.15) is 10.1 Å². The van der Waals surface area contributed by atoms with Crippen LogP contribution < -0.4 is 9.39 Å². The summed E-state index contributed by atoms with van der Waals surface area (Å²) in [6.45, 7) is 2.72. The summed E-state index contributed by atoms with van der Waals surface area (Å²) < 4.78 is 4.37. The summed E-state index contributed by atoms with van der Waals surface area (Å²) in [5.41, 5.74) is 0.0556. The van der Waals surface area contributed by atoms with Crippen LogP contribution in [0.15, 0.2) is 4.63 Å². The van der Waals surface area contributed by atoms with E-state index in [1.807, 2.05) is 0 Å².